The number of aliphatic hydroxyl groups excluding tert-OH is 3. The molecule has 5 heteroatoms. The van der Waals surface area contributed by atoms with Gasteiger partial charge in [-0.25, -0.2) is 0 Å². The zero-order valence-corrected chi connectivity index (χ0v) is 9.21. The van der Waals surface area contributed by atoms with Crippen LogP contribution in [0.1, 0.15) is 5.56 Å². The van der Waals surface area contributed by atoms with E-state index in [4.69, 9.17) is 16.3 Å². The number of hydrogen-bond donors (Lipinski definition) is 3. The highest BCUT2D eigenvalue weighted by Crippen LogP contribution is 2.23. The van der Waals surface area contributed by atoms with E-state index in [1.54, 1.807) is 12.1 Å². The second-order valence-corrected chi connectivity index (χ2v) is 4.31. The fourth-order valence-corrected chi connectivity index (χ4v) is 1.88. The first-order valence-electron chi connectivity index (χ1n) is 5.02. The SMILES string of the molecule is OC1O[C@H](Cc2ccc(Cl)cc2)[C@@H](O)[C@H]1O. The molecule has 3 N–H and O–H groups in total. The lowest BCUT2D eigenvalue weighted by molar-refractivity contribution is -0.126. The first kappa shape index (κ1) is 11.8. The van der Waals surface area contributed by atoms with Crippen LogP contribution in [-0.4, -0.2) is 39.9 Å². The Balaban J connectivity index is 2.03. The van der Waals surface area contributed by atoms with Crippen molar-refractivity contribution in [3.05, 3.63) is 34.9 Å². The van der Waals surface area contributed by atoms with E-state index < -0.39 is 24.6 Å². The summed E-state index contributed by atoms with van der Waals surface area (Å²) in [6.45, 7) is 0. The molecular formula is C11H13ClO4. The van der Waals surface area contributed by atoms with Crippen molar-refractivity contribution in [3.8, 4) is 0 Å². The average Bonchev–Trinajstić information content (AvgIpc) is 2.50. The van der Waals surface area contributed by atoms with Crippen molar-refractivity contribution in [1.29, 1.82) is 0 Å². The number of aliphatic hydroxyl groups is 3. The third kappa shape index (κ3) is 2.36. The van der Waals surface area contributed by atoms with E-state index in [9.17, 15) is 15.3 Å². The van der Waals surface area contributed by atoms with Crippen molar-refractivity contribution in [2.75, 3.05) is 0 Å². The van der Waals surface area contributed by atoms with Crippen molar-refractivity contribution in [1.82, 2.24) is 0 Å². The molecule has 4 atom stereocenters. The van der Waals surface area contributed by atoms with Crippen molar-refractivity contribution in [2.24, 2.45) is 0 Å². The van der Waals surface area contributed by atoms with Gasteiger partial charge >= 0.3 is 0 Å². The van der Waals surface area contributed by atoms with E-state index in [1.807, 2.05) is 12.1 Å². The van der Waals surface area contributed by atoms with E-state index in [1.165, 1.54) is 0 Å². The molecule has 0 aromatic heterocycles. The number of ether oxygens (including phenoxy) is 1. The van der Waals surface area contributed by atoms with Crippen molar-refractivity contribution >= 4 is 11.6 Å². The van der Waals surface area contributed by atoms with Gasteiger partial charge in [-0.15, -0.1) is 0 Å². The normalized spacial score (nSPS) is 34.2. The average molecular weight is 245 g/mol. The van der Waals surface area contributed by atoms with Crippen LogP contribution >= 0.6 is 11.6 Å². The lowest BCUT2D eigenvalue weighted by atomic mass is 10.0. The van der Waals surface area contributed by atoms with Gasteiger partial charge in [-0.3, -0.25) is 0 Å². The lowest BCUT2D eigenvalue weighted by Crippen LogP contribution is -2.33. The van der Waals surface area contributed by atoms with Gasteiger partial charge in [0.2, 0.25) is 0 Å². The Kier molecular flexibility index (Phi) is 3.47. The highest BCUT2D eigenvalue weighted by Gasteiger charge is 2.41. The van der Waals surface area contributed by atoms with E-state index in [0.717, 1.165) is 5.56 Å². The summed E-state index contributed by atoms with van der Waals surface area (Å²) < 4.78 is 5.04. The van der Waals surface area contributed by atoms with Crippen LogP contribution in [0.5, 0.6) is 0 Å². The summed E-state index contributed by atoms with van der Waals surface area (Å²) in [5, 5.41) is 28.7. The zero-order chi connectivity index (χ0) is 11.7. The Morgan fingerprint density at radius 1 is 1.06 bits per heavy atom. The molecule has 1 unspecified atom stereocenters. The summed E-state index contributed by atoms with van der Waals surface area (Å²) in [5.41, 5.74) is 0.926. The Bertz CT molecular complexity index is 354. The fourth-order valence-electron chi connectivity index (χ4n) is 1.75. The van der Waals surface area contributed by atoms with E-state index in [2.05, 4.69) is 0 Å². The van der Waals surface area contributed by atoms with Crippen LogP contribution in [0.3, 0.4) is 0 Å². The predicted octanol–water partition coefficient (Wildman–Crippen LogP) is 0.322. The van der Waals surface area contributed by atoms with Crippen LogP contribution in [-0.2, 0) is 11.2 Å². The lowest BCUT2D eigenvalue weighted by Gasteiger charge is -2.14. The summed E-state index contributed by atoms with van der Waals surface area (Å²) in [4.78, 5) is 0. The maximum Gasteiger partial charge on any atom is 0.183 e. The Morgan fingerprint density at radius 2 is 1.69 bits per heavy atom. The van der Waals surface area contributed by atoms with Crippen LogP contribution in [0.25, 0.3) is 0 Å². The van der Waals surface area contributed by atoms with Gasteiger partial charge < -0.3 is 20.1 Å². The van der Waals surface area contributed by atoms with Gasteiger partial charge in [0.25, 0.3) is 0 Å². The van der Waals surface area contributed by atoms with Crippen LogP contribution in [0.4, 0.5) is 0 Å². The molecule has 2 rings (SSSR count). The molecule has 1 aromatic carbocycles. The van der Waals surface area contributed by atoms with Crippen LogP contribution in [0.2, 0.25) is 5.02 Å². The summed E-state index contributed by atoms with van der Waals surface area (Å²) in [6, 6.07) is 7.11. The molecule has 0 amide bonds. The summed E-state index contributed by atoms with van der Waals surface area (Å²) in [7, 11) is 0. The molecule has 1 fully saturated rings. The van der Waals surface area contributed by atoms with Crippen LogP contribution in [0.15, 0.2) is 24.3 Å². The maximum atomic E-state index is 9.58. The molecule has 1 heterocycles. The minimum absolute atomic E-state index is 0.423. The second kappa shape index (κ2) is 4.69. The van der Waals surface area contributed by atoms with Crippen molar-refractivity contribution in [3.63, 3.8) is 0 Å². The van der Waals surface area contributed by atoms with Crippen LogP contribution < -0.4 is 0 Å². The largest absolute Gasteiger partial charge is 0.387 e. The molecule has 0 radical (unpaired) electrons. The summed E-state index contributed by atoms with van der Waals surface area (Å²) in [6.07, 6.45) is -3.78. The van der Waals surface area contributed by atoms with E-state index in [0.29, 0.717) is 11.4 Å². The zero-order valence-electron chi connectivity index (χ0n) is 8.45. The van der Waals surface area contributed by atoms with Gasteiger partial charge in [-0.05, 0) is 17.7 Å². The number of benzene rings is 1. The smallest absolute Gasteiger partial charge is 0.183 e. The first-order valence-corrected chi connectivity index (χ1v) is 5.40. The third-order valence-corrected chi connectivity index (χ3v) is 2.94. The standard InChI is InChI=1S/C11H13ClO4/c12-7-3-1-6(2-4-7)5-8-9(13)10(14)11(15)16-8/h1-4,8-11,13-15H,5H2/t8-,9-,10-,11?/m1/s1. The highest BCUT2D eigenvalue weighted by molar-refractivity contribution is 6.30. The van der Waals surface area contributed by atoms with Crippen molar-refractivity contribution in [2.45, 2.75) is 31.0 Å². The Morgan fingerprint density at radius 3 is 2.19 bits per heavy atom. The molecule has 1 aliphatic heterocycles. The second-order valence-electron chi connectivity index (χ2n) is 3.88. The fraction of sp³-hybridized carbons (Fsp3) is 0.455. The first-order chi connectivity index (χ1) is 7.58. The minimum Gasteiger partial charge on any atom is -0.387 e. The molecule has 1 saturated heterocycles. The molecule has 1 aliphatic rings. The quantitative estimate of drug-likeness (QED) is 0.701. The monoisotopic (exact) mass is 244 g/mol. The molecule has 4 nitrogen and oxygen atoms in total. The van der Waals surface area contributed by atoms with Gasteiger partial charge in [0.1, 0.15) is 12.2 Å². The van der Waals surface area contributed by atoms with Crippen molar-refractivity contribution < 1.29 is 20.1 Å². The van der Waals surface area contributed by atoms with Gasteiger partial charge in [0.05, 0.1) is 6.10 Å². The third-order valence-electron chi connectivity index (χ3n) is 2.69. The van der Waals surface area contributed by atoms with Gasteiger partial charge in [-0.2, -0.15) is 0 Å². The molecule has 0 aliphatic carbocycles. The molecule has 0 spiro atoms. The Hall–Kier alpha value is -0.650. The predicted molar refractivity (Wildman–Crippen MR) is 58.0 cm³/mol. The maximum absolute atomic E-state index is 9.58. The molecule has 1 aromatic rings. The molecule has 0 saturated carbocycles. The topological polar surface area (TPSA) is 69.9 Å². The molecule has 88 valence electrons. The summed E-state index contributed by atoms with van der Waals surface area (Å²) >= 11 is 5.74. The molecule has 0 bridgehead atoms. The van der Waals surface area contributed by atoms with Gasteiger partial charge in [-0.1, -0.05) is 23.7 Å². The molecule has 16 heavy (non-hydrogen) atoms. The van der Waals surface area contributed by atoms with E-state index >= 15 is 0 Å². The van der Waals surface area contributed by atoms with Gasteiger partial charge in [0, 0.05) is 11.4 Å². The van der Waals surface area contributed by atoms with Crippen LogP contribution in [0, 0.1) is 0 Å². The highest BCUT2D eigenvalue weighted by atomic mass is 35.5. The van der Waals surface area contributed by atoms with Gasteiger partial charge in [0.15, 0.2) is 6.29 Å². The minimum atomic E-state index is -1.31. The summed E-state index contributed by atoms with van der Waals surface area (Å²) in [5.74, 6) is 0. The number of hydrogen-bond acceptors (Lipinski definition) is 4. The Labute approximate surface area is 98.0 Å². The molecular weight excluding hydrogens is 232 g/mol. The number of rotatable bonds is 2. The number of halogens is 1. The van der Waals surface area contributed by atoms with E-state index in [-0.39, 0.29) is 0 Å².